The van der Waals surface area contributed by atoms with E-state index in [0.717, 1.165) is 15.7 Å². The maximum atomic E-state index is 13.9. The standard InChI is InChI=1S/C17H17F2IN2O2/c1-2-12(23)5-6-24-16-8-10(18)7-15(17(16)21)22-14-4-3-11(20)9-13(14)19/h3-4,7-9,22H,2,5-6,21H2,1H3. The fraction of sp³-hybridized carbons (Fsp3) is 0.235. The van der Waals surface area contributed by atoms with Crippen LogP contribution in [0.5, 0.6) is 5.75 Å². The maximum Gasteiger partial charge on any atom is 0.147 e. The summed E-state index contributed by atoms with van der Waals surface area (Å²) in [6.45, 7) is 1.87. The second-order valence-electron chi connectivity index (χ2n) is 5.11. The highest BCUT2D eigenvalue weighted by atomic mass is 127. The fourth-order valence-corrected chi connectivity index (χ4v) is 2.46. The number of anilines is 3. The first-order valence-corrected chi connectivity index (χ1v) is 8.44. The van der Waals surface area contributed by atoms with Gasteiger partial charge in [0.15, 0.2) is 0 Å². The van der Waals surface area contributed by atoms with Crippen molar-refractivity contribution in [1.29, 1.82) is 0 Å². The van der Waals surface area contributed by atoms with Gasteiger partial charge in [-0.2, -0.15) is 0 Å². The first kappa shape index (κ1) is 18.4. The molecule has 0 heterocycles. The number of nitrogen functional groups attached to an aromatic ring is 1. The Labute approximate surface area is 152 Å². The highest BCUT2D eigenvalue weighted by molar-refractivity contribution is 14.1. The number of hydrogen-bond acceptors (Lipinski definition) is 4. The predicted octanol–water partition coefficient (Wildman–Crippen LogP) is 4.64. The van der Waals surface area contributed by atoms with Gasteiger partial charge in [0.05, 0.1) is 23.7 Å². The van der Waals surface area contributed by atoms with E-state index in [1.807, 2.05) is 22.6 Å². The van der Waals surface area contributed by atoms with Crippen LogP contribution in [0.1, 0.15) is 19.8 Å². The number of Topliss-reactive ketones (excluding diaryl/α,β-unsaturated/α-hetero) is 1. The quantitative estimate of drug-likeness (QED) is 0.481. The molecule has 0 spiro atoms. The van der Waals surface area contributed by atoms with Crippen LogP contribution in [0, 0.1) is 15.2 Å². The van der Waals surface area contributed by atoms with Crippen LogP contribution < -0.4 is 15.8 Å². The number of carbonyl (C=O) groups excluding carboxylic acids is 1. The normalized spacial score (nSPS) is 10.5. The van der Waals surface area contributed by atoms with E-state index in [1.54, 1.807) is 19.1 Å². The lowest BCUT2D eigenvalue weighted by molar-refractivity contribution is -0.119. The molecule has 0 saturated carbocycles. The van der Waals surface area contributed by atoms with Gasteiger partial charge in [0.1, 0.15) is 23.2 Å². The number of halogens is 3. The van der Waals surface area contributed by atoms with Gasteiger partial charge in [-0.25, -0.2) is 8.78 Å². The minimum atomic E-state index is -0.575. The first-order valence-electron chi connectivity index (χ1n) is 7.36. The van der Waals surface area contributed by atoms with Crippen molar-refractivity contribution in [2.24, 2.45) is 0 Å². The topological polar surface area (TPSA) is 64.3 Å². The second-order valence-corrected chi connectivity index (χ2v) is 6.35. The van der Waals surface area contributed by atoms with E-state index in [4.69, 9.17) is 10.5 Å². The van der Waals surface area contributed by atoms with E-state index in [2.05, 4.69) is 5.32 Å². The Hall–Kier alpha value is -1.90. The van der Waals surface area contributed by atoms with E-state index in [9.17, 15) is 13.6 Å². The van der Waals surface area contributed by atoms with E-state index >= 15 is 0 Å². The molecule has 3 N–H and O–H groups in total. The second kappa shape index (κ2) is 8.27. The number of benzene rings is 2. The molecule has 2 rings (SSSR count). The minimum Gasteiger partial charge on any atom is -0.491 e. The molecule has 0 unspecified atom stereocenters. The Morgan fingerprint density at radius 2 is 2.00 bits per heavy atom. The van der Waals surface area contributed by atoms with Crippen molar-refractivity contribution in [3.8, 4) is 5.75 Å². The summed E-state index contributed by atoms with van der Waals surface area (Å²) in [6.07, 6.45) is 0.641. The molecule has 0 aliphatic carbocycles. The number of rotatable bonds is 7. The molecule has 0 radical (unpaired) electrons. The van der Waals surface area contributed by atoms with Crippen molar-refractivity contribution in [3.05, 3.63) is 45.5 Å². The first-order chi connectivity index (χ1) is 11.4. The zero-order valence-corrected chi connectivity index (χ0v) is 15.2. The number of ether oxygens (including phenoxy) is 1. The third kappa shape index (κ3) is 4.80. The van der Waals surface area contributed by atoms with E-state index in [0.29, 0.717) is 6.42 Å². The van der Waals surface area contributed by atoms with Crippen LogP contribution in [-0.2, 0) is 4.79 Å². The molecule has 0 aliphatic heterocycles. The van der Waals surface area contributed by atoms with Crippen molar-refractivity contribution in [2.45, 2.75) is 19.8 Å². The van der Waals surface area contributed by atoms with Gasteiger partial charge in [-0.3, -0.25) is 4.79 Å². The van der Waals surface area contributed by atoms with E-state index in [1.165, 1.54) is 6.07 Å². The van der Waals surface area contributed by atoms with E-state index < -0.39 is 11.6 Å². The van der Waals surface area contributed by atoms with Gasteiger partial charge in [-0.15, -0.1) is 0 Å². The van der Waals surface area contributed by atoms with Gasteiger partial charge in [0.25, 0.3) is 0 Å². The Morgan fingerprint density at radius 3 is 2.67 bits per heavy atom. The number of nitrogens with two attached hydrogens (primary N) is 1. The summed E-state index contributed by atoms with van der Waals surface area (Å²) in [5.74, 6) is -0.882. The Kier molecular flexibility index (Phi) is 6.36. The lowest BCUT2D eigenvalue weighted by Crippen LogP contribution is -2.08. The Balaban J connectivity index is 2.19. The summed E-state index contributed by atoms with van der Waals surface area (Å²) in [5.41, 5.74) is 6.50. The summed E-state index contributed by atoms with van der Waals surface area (Å²) in [7, 11) is 0. The van der Waals surface area contributed by atoms with Crippen molar-refractivity contribution < 1.29 is 18.3 Å². The fourth-order valence-electron chi connectivity index (χ4n) is 2.00. The lowest BCUT2D eigenvalue weighted by Gasteiger charge is -2.15. The monoisotopic (exact) mass is 446 g/mol. The molecule has 0 saturated heterocycles. The molecule has 7 heteroatoms. The van der Waals surface area contributed by atoms with Gasteiger partial charge in [-0.05, 0) is 46.9 Å². The molecule has 2 aromatic carbocycles. The van der Waals surface area contributed by atoms with Crippen LogP contribution in [0.15, 0.2) is 30.3 Å². The summed E-state index contributed by atoms with van der Waals surface area (Å²) < 4.78 is 33.9. The molecule has 24 heavy (non-hydrogen) atoms. The lowest BCUT2D eigenvalue weighted by atomic mass is 10.2. The molecular formula is C17H17F2IN2O2. The molecule has 2 aromatic rings. The molecule has 0 aliphatic rings. The maximum absolute atomic E-state index is 13.9. The van der Waals surface area contributed by atoms with Crippen molar-refractivity contribution in [1.82, 2.24) is 0 Å². The molecule has 0 aromatic heterocycles. The predicted molar refractivity (Wildman–Crippen MR) is 98.6 cm³/mol. The van der Waals surface area contributed by atoms with Gasteiger partial charge >= 0.3 is 0 Å². The van der Waals surface area contributed by atoms with Crippen molar-refractivity contribution in [3.63, 3.8) is 0 Å². The largest absolute Gasteiger partial charge is 0.491 e. The van der Waals surface area contributed by atoms with Crippen LogP contribution in [0.4, 0.5) is 25.8 Å². The van der Waals surface area contributed by atoms with Gasteiger partial charge in [0, 0.05) is 22.5 Å². The van der Waals surface area contributed by atoms with Crippen molar-refractivity contribution >= 4 is 45.4 Å². The third-order valence-electron chi connectivity index (χ3n) is 3.34. The Morgan fingerprint density at radius 1 is 1.25 bits per heavy atom. The SMILES string of the molecule is CCC(=O)CCOc1cc(F)cc(Nc2ccc(I)cc2F)c1N. The molecule has 128 valence electrons. The van der Waals surface area contributed by atoms with Crippen LogP contribution in [0.3, 0.4) is 0 Å². The van der Waals surface area contributed by atoms with Crippen LogP contribution in [0.2, 0.25) is 0 Å². The summed E-state index contributed by atoms with van der Waals surface area (Å²) >= 11 is 1.99. The summed E-state index contributed by atoms with van der Waals surface area (Å²) in [4.78, 5) is 11.3. The van der Waals surface area contributed by atoms with Crippen LogP contribution in [-0.4, -0.2) is 12.4 Å². The number of carbonyl (C=O) groups is 1. The molecule has 4 nitrogen and oxygen atoms in total. The van der Waals surface area contributed by atoms with E-state index in [-0.39, 0.29) is 41.6 Å². The summed E-state index contributed by atoms with van der Waals surface area (Å²) in [6, 6.07) is 6.92. The molecule has 0 fully saturated rings. The van der Waals surface area contributed by atoms with Crippen LogP contribution in [0.25, 0.3) is 0 Å². The van der Waals surface area contributed by atoms with Crippen LogP contribution >= 0.6 is 22.6 Å². The summed E-state index contributed by atoms with van der Waals surface area (Å²) in [5, 5.41) is 2.77. The average molecular weight is 446 g/mol. The highest BCUT2D eigenvalue weighted by Crippen LogP contribution is 2.34. The number of nitrogens with one attached hydrogen (secondary N) is 1. The zero-order valence-electron chi connectivity index (χ0n) is 13.0. The minimum absolute atomic E-state index is 0.0456. The van der Waals surface area contributed by atoms with Crippen molar-refractivity contribution in [2.75, 3.05) is 17.7 Å². The van der Waals surface area contributed by atoms with Gasteiger partial charge < -0.3 is 15.8 Å². The Bertz CT molecular complexity index is 754. The van der Waals surface area contributed by atoms with Gasteiger partial charge in [0.2, 0.25) is 0 Å². The highest BCUT2D eigenvalue weighted by Gasteiger charge is 2.12. The molecule has 0 amide bonds. The molecule has 0 bridgehead atoms. The average Bonchev–Trinajstić information content (AvgIpc) is 2.53. The smallest absolute Gasteiger partial charge is 0.147 e. The molecule has 0 atom stereocenters. The number of ketones is 1. The molecular weight excluding hydrogens is 429 g/mol. The van der Waals surface area contributed by atoms with Gasteiger partial charge in [-0.1, -0.05) is 6.92 Å². The number of hydrogen-bond donors (Lipinski definition) is 2. The third-order valence-corrected chi connectivity index (χ3v) is 4.01. The zero-order chi connectivity index (χ0) is 17.7.